The Morgan fingerprint density at radius 3 is 2.54 bits per heavy atom. The van der Waals surface area contributed by atoms with Gasteiger partial charge in [-0.2, -0.15) is 13.2 Å². The lowest BCUT2D eigenvalue weighted by molar-refractivity contribution is -0.137. The van der Waals surface area contributed by atoms with Gasteiger partial charge in [0.1, 0.15) is 10.7 Å². The number of anilines is 1. The molecule has 1 unspecified atom stereocenters. The number of carbonyl (C=O) groups excluding carboxylic acids is 1. The van der Waals surface area contributed by atoms with E-state index in [1.165, 1.54) is 31.0 Å². The molecule has 0 bridgehead atoms. The minimum Gasteiger partial charge on any atom is -0.494 e. The van der Waals surface area contributed by atoms with Gasteiger partial charge in [0, 0.05) is 5.69 Å². The number of thioether (sulfide) groups is 1. The number of carbonyl (C=O) groups is 1. The number of methoxy groups -OCH3 is 1. The topological polar surface area (TPSA) is 47.6 Å². The number of nitrogens with one attached hydrogen (secondary N) is 1. The summed E-state index contributed by atoms with van der Waals surface area (Å²) in [4.78, 5) is 12.9. The number of ether oxygens (including phenoxy) is 2. The molecule has 0 saturated heterocycles. The fourth-order valence-electron chi connectivity index (χ4n) is 2.59. The van der Waals surface area contributed by atoms with Gasteiger partial charge in [-0.1, -0.05) is 24.3 Å². The zero-order valence-corrected chi connectivity index (χ0v) is 17.0. The Morgan fingerprint density at radius 1 is 1.18 bits per heavy atom. The van der Waals surface area contributed by atoms with Crippen molar-refractivity contribution in [3.05, 3.63) is 70.8 Å². The molecule has 1 N–H and O–H groups in total. The standard InChI is InChI=1S/C19H15BrF3NO3S/c1-26-16-15(17(25)24-13-7-3-2-4-8-13)28-11-18(16,20)27-14-9-5-6-12(10-14)19(21,22)23/h2-10H,11H2,1H3,(H,24,25). The Bertz CT molecular complexity index is 905. The molecule has 1 aliphatic heterocycles. The van der Waals surface area contributed by atoms with Crippen molar-refractivity contribution in [2.45, 2.75) is 10.7 Å². The number of hydrogen-bond donors (Lipinski definition) is 1. The quantitative estimate of drug-likeness (QED) is 0.589. The van der Waals surface area contributed by atoms with Crippen LogP contribution in [0.3, 0.4) is 0 Å². The van der Waals surface area contributed by atoms with Gasteiger partial charge >= 0.3 is 6.18 Å². The first-order valence-electron chi connectivity index (χ1n) is 8.06. The summed E-state index contributed by atoms with van der Waals surface area (Å²) in [5.74, 6) is 0.0566. The molecule has 4 nitrogen and oxygen atoms in total. The van der Waals surface area contributed by atoms with Crippen molar-refractivity contribution in [2.24, 2.45) is 0 Å². The first-order chi connectivity index (χ1) is 13.2. The largest absolute Gasteiger partial charge is 0.494 e. The Kier molecular flexibility index (Phi) is 5.95. The maximum absolute atomic E-state index is 12.9. The van der Waals surface area contributed by atoms with E-state index in [0.29, 0.717) is 5.69 Å². The second-order valence-electron chi connectivity index (χ2n) is 5.83. The second kappa shape index (κ2) is 8.08. The SMILES string of the molecule is COC1=C(C(=O)Nc2ccccc2)SCC1(Br)Oc1cccc(C(F)(F)F)c1. The van der Waals surface area contributed by atoms with E-state index in [2.05, 4.69) is 21.2 Å². The van der Waals surface area contributed by atoms with Crippen LogP contribution in [0, 0.1) is 0 Å². The molecule has 0 aromatic heterocycles. The Labute approximate surface area is 172 Å². The lowest BCUT2D eigenvalue weighted by Crippen LogP contribution is -2.32. The van der Waals surface area contributed by atoms with E-state index in [-0.39, 0.29) is 28.1 Å². The van der Waals surface area contributed by atoms with Gasteiger partial charge in [-0.15, -0.1) is 11.8 Å². The predicted octanol–water partition coefficient (Wildman–Crippen LogP) is 5.42. The molecule has 0 saturated carbocycles. The lowest BCUT2D eigenvalue weighted by atomic mass is 10.2. The van der Waals surface area contributed by atoms with Crippen molar-refractivity contribution in [2.75, 3.05) is 18.2 Å². The first kappa shape index (κ1) is 20.6. The number of alkyl halides is 4. The molecule has 1 heterocycles. The highest BCUT2D eigenvalue weighted by Crippen LogP contribution is 2.46. The zero-order valence-electron chi connectivity index (χ0n) is 14.5. The number of rotatable bonds is 5. The molecule has 0 fully saturated rings. The number of hydrogen-bond acceptors (Lipinski definition) is 4. The smallest absolute Gasteiger partial charge is 0.416 e. The van der Waals surface area contributed by atoms with Crippen molar-refractivity contribution in [3.8, 4) is 5.75 Å². The number of benzene rings is 2. The van der Waals surface area contributed by atoms with E-state index in [1.807, 2.05) is 6.07 Å². The van der Waals surface area contributed by atoms with Gasteiger partial charge in [0.2, 0.25) is 4.51 Å². The molecule has 0 radical (unpaired) electrons. The highest BCUT2D eigenvalue weighted by molar-refractivity contribution is 9.10. The van der Waals surface area contributed by atoms with Crippen LogP contribution in [0.5, 0.6) is 5.75 Å². The van der Waals surface area contributed by atoms with Crippen LogP contribution in [-0.4, -0.2) is 23.3 Å². The van der Waals surface area contributed by atoms with Gasteiger partial charge < -0.3 is 14.8 Å². The predicted molar refractivity (Wildman–Crippen MR) is 105 cm³/mol. The molecular formula is C19H15BrF3NO3S. The van der Waals surface area contributed by atoms with Crippen molar-refractivity contribution in [1.29, 1.82) is 0 Å². The third kappa shape index (κ3) is 4.47. The fourth-order valence-corrected chi connectivity index (χ4v) is 4.69. The average molecular weight is 474 g/mol. The van der Waals surface area contributed by atoms with Crippen LogP contribution in [0.25, 0.3) is 0 Å². The second-order valence-corrected chi connectivity index (χ2v) is 8.09. The molecule has 3 rings (SSSR count). The summed E-state index contributed by atoms with van der Waals surface area (Å²) in [5, 5.41) is 2.76. The zero-order chi connectivity index (χ0) is 20.4. The van der Waals surface area contributed by atoms with Crippen molar-refractivity contribution >= 4 is 39.3 Å². The molecule has 28 heavy (non-hydrogen) atoms. The molecule has 0 spiro atoms. The Balaban J connectivity index is 1.84. The molecule has 1 atom stereocenters. The van der Waals surface area contributed by atoms with E-state index >= 15 is 0 Å². The molecule has 1 amide bonds. The highest BCUT2D eigenvalue weighted by atomic mass is 79.9. The van der Waals surface area contributed by atoms with Gasteiger partial charge in [-0.25, -0.2) is 0 Å². The summed E-state index contributed by atoms with van der Waals surface area (Å²) < 4.78 is 48.7. The van der Waals surface area contributed by atoms with Gasteiger partial charge in [0.05, 0.1) is 18.4 Å². The van der Waals surface area contributed by atoms with E-state index in [0.717, 1.165) is 12.1 Å². The van der Waals surface area contributed by atoms with Crippen LogP contribution in [0.1, 0.15) is 5.56 Å². The minimum absolute atomic E-state index is 0.00608. The molecular weight excluding hydrogens is 459 g/mol. The fraction of sp³-hybridized carbons (Fsp3) is 0.211. The molecule has 1 aliphatic rings. The maximum atomic E-state index is 12.9. The summed E-state index contributed by atoms with van der Waals surface area (Å²) in [5.41, 5.74) is -0.210. The third-order valence-electron chi connectivity index (χ3n) is 3.83. The minimum atomic E-state index is -4.48. The summed E-state index contributed by atoms with van der Waals surface area (Å²) >= 11 is 4.58. The Morgan fingerprint density at radius 2 is 1.89 bits per heavy atom. The number of amides is 1. The van der Waals surface area contributed by atoms with E-state index in [1.54, 1.807) is 24.3 Å². The van der Waals surface area contributed by atoms with Crippen LogP contribution in [0.2, 0.25) is 0 Å². The van der Waals surface area contributed by atoms with E-state index < -0.39 is 16.3 Å². The van der Waals surface area contributed by atoms with Crippen LogP contribution in [0.15, 0.2) is 65.3 Å². The first-order valence-corrected chi connectivity index (χ1v) is 9.84. The van der Waals surface area contributed by atoms with Gasteiger partial charge in [0.25, 0.3) is 5.91 Å². The maximum Gasteiger partial charge on any atom is 0.416 e. The molecule has 148 valence electrons. The van der Waals surface area contributed by atoms with Gasteiger partial charge in [0.15, 0.2) is 5.76 Å². The van der Waals surface area contributed by atoms with Gasteiger partial charge in [-0.05, 0) is 46.3 Å². The normalized spacial score (nSPS) is 19.5. The average Bonchev–Trinajstić information content (AvgIpc) is 2.98. The molecule has 2 aromatic rings. The monoisotopic (exact) mass is 473 g/mol. The van der Waals surface area contributed by atoms with Crippen LogP contribution in [-0.2, 0) is 15.7 Å². The summed E-state index contributed by atoms with van der Waals surface area (Å²) in [7, 11) is 1.38. The third-order valence-corrected chi connectivity index (χ3v) is 6.21. The Hall–Kier alpha value is -2.13. The number of halogens is 4. The molecule has 0 aliphatic carbocycles. The van der Waals surface area contributed by atoms with Crippen molar-refractivity contribution in [1.82, 2.24) is 0 Å². The van der Waals surface area contributed by atoms with Crippen molar-refractivity contribution in [3.63, 3.8) is 0 Å². The lowest BCUT2D eigenvalue weighted by Gasteiger charge is -2.26. The number of para-hydroxylation sites is 1. The van der Waals surface area contributed by atoms with Crippen LogP contribution >= 0.6 is 27.7 Å². The summed E-state index contributed by atoms with van der Waals surface area (Å²) in [6.45, 7) is 0. The molecule has 9 heteroatoms. The highest BCUT2D eigenvalue weighted by Gasteiger charge is 2.46. The van der Waals surface area contributed by atoms with E-state index in [4.69, 9.17) is 9.47 Å². The van der Waals surface area contributed by atoms with Crippen molar-refractivity contribution < 1.29 is 27.4 Å². The van der Waals surface area contributed by atoms with Crippen LogP contribution < -0.4 is 10.1 Å². The molecule has 2 aromatic carbocycles. The van der Waals surface area contributed by atoms with E-state index in [9.17, 15) is 18.0 Å². The van der Waals surface area contributed by atoms with Crippen LogP contribution in [0.4, 0.5) is 18.9 Å². The summed E-state index contributed by atoms with van der Waals surface area (Å²) in [6, 6.07) is 13.4. The van der Waals surface area contributed by atoms with Gasteiger partial charge in [-0.3, -0.25) is 4.79 Å². The summed E-state index contributed by atoms with van der Waals surface area (Å²) in [6.07, 6.45) is -4.48.